The molecular weight excluding hydrogens is 230 g/mol. The third kappa shape index (κ3) is 3.89. The third-order valence-corrected chi connectivity index (χ3v) is 2.34. The van der Waals surface area contributed by atoms with E-state index in [0.29, 0.717) is 12.4 Å². The van der Waals surface area contributed by atoms with Crippen molar-refractivity contribution in [2.24, 2.45) is 0 Å². The van der Waals surface area contributed by atoms with E-state index in [1.54, 1.807) is 30.9 Å². The highest BCUT2D eigenvalue weighted by Crippen LogP contribution is 1.98. The van der Waals surface area contributed by atoms with Crippen LogP contribution in [0.25, 0.3) is 0 Å². The molecule has 0 aliphatic rings. The molecule has 0 atom stereocenters. The van der Waals surface area contributed by atoms with Gasteiger partial charge in [-0.05, 0) is 18.6 Å². The van der Waals surface area contributed by atoms with Gasteiger partial charge < -0.3 is 9.88 Å². The number of amides is 2. The van der Waals surface area contributed by atoms with E-state index in [0.717, 1.165) is 13.0 Å². The Morgan fingerprint density at radius 3 is 3.00 bits per heavy atom. The first-order valence-electron chi connectivity index (χ1n) is 5.76. The molecule has 0 aliphatic heterocycles. The Hall–Kier alpha value is -2.37. The van der Waals surface area contributed by atoms with Crippen molar-refractivity contribution in [3.05, 3.63) is 43.1 Å². The number of nitrogens with zero attached hydrogens (tertiary/aromatic N) is 3. The predicted molar refractivity (Wildman–Crippen MR) is 68.1 cm³/mol. The summed E-state index contributed by atoms with van der Waals surface area (Å²) in [5.41, 5.74) is 0. The Labute approximate surface area is 105 Å². The molecule has 0 saturated heterocycles. The smallest absolute Gasteiger partial charge is 0.320 e. The van der Waals surface area contributed by atoms with Crippen LogP contribution >= 0.6 is 0 Å². The maximum atomic E-state index is 11.5. The Balaban J connectivity index is 1.63. The van der Waals surface area contributed by atoms with Crippen molar-refractivity contribution in [3.8, 4) is 0 Å². The maximum Gasteiger partial charge on any atom is 0.320 e. The number of aromatic nitrogens is 3. The van der Waals surface area contributed by atoms with Crippen molar-refractivity contribution in [3.63, 3.8) is 0 Å². The molecule has 18 heavy (non-hydrogen) atoms. The van der Waals surface area contributed by atoms with Gasteiger partial charge in [0.15, 0.2) is 0 Å². The van der Waals surface area contributed by atoms with Gasteiger partial charge in [-0.3, -0.25) is 5.32 Å². The second-order valence-electron chi connectivity index (χ2n) is 3.75. The lowest BCUT2D eigenvalue weighted by Gasteiger charge is -2.06. The van der Waals surface area contributed by atoms with Gasteiger partial charge >= 0.3 is 6.03 Å². The minimum atomic E-state index is -0.237. The lowest BCUT2D eigenvalue weighted by Crippen LogP contribution is -2.30. The Bertz CT molecular complexity index is 468. The van der Waals surface area contributed by atoms with Gasteiger partial charge in [0.1, 0.15) is 5.82 Å². The van der Waals surface area contributed by atoms with Crippen LogP contribution in [0.1, 0.15) is 6.42 Å². The molecule has 0 spiro atoms. The first kappa shape index (κ1) is 12.1. The van der Waals surface area contributed by atoms with Crippen LogP contribution in [0.5, 0.6) is 0 Å². The Morgan fingerprint density at radius 2 is 2.28 bits per heavy atom. The number of carbonyl (C=O) groups excluding carboxylic acids is 1. The minimum Gasteiger partial charge on any atom is -0.338 e. The van der Waals surface area contributed by atoms with Gasteiger partial charge in [-0.1, -0.05) is 6.07 Å². The fourth-order valence-corrected chi connectivity index (χ4v) is 1.48. The number of carbonyl (C=O) groups is 1. The van der Waals surface area contributed by atoms with Gasteiger partial charge in [-0.15, -0.1) is 0 Å². The molecule has 2 aromatic heterocycles. The summed E-state index contributed by atoms with van der Waals surface area (Å²) in [4.78, 5) is 19.4. The van der Waals surface area contributed by atoms with Gasteiger partial charge in [-0.25, -0.2) is 14.8 Å². The second-order valence-corrected chi connectivity index (χ2v) is 3.75. The molecule has 0 radical (unpaired) electrons. The molecule has 6 heteroatoms. The summed E-state index contributed by atoms with van der Waals surface area (Å²) in [6.45, 7) is 1.45. The van der Waals surface area contributed by atoms with Crippen LogP contribution in [0.15, 0.2) is 43.1 Å². The monoisotopic (exact) mass is 245 g/mol. The van der Waals surface area contributed by atoms with E-state index in [4.69, 9.17) is 0 Å². The first-order valence-corrected chi connectivity index (χ1v) is 5.76. The summed E-state index contributed by atoms with van der Waals surface area (Å²) in [6, 6.07) is 5.13. The van der Waals surface area contributed by atoms with Crippen molar-refractivity contribution in [2.45, 2.75) is 13.0 Å². The molecule has 0 unspecified atom stereocenters. The van der Waals surface area contributed by atoms with Crippen LogP contribution in [-0.4, -0.2) is 27.1 Å². The molecule has 6 nitrogen and oxygen atoms in total. The number of pyridine rings is 1. The molecule has 0 fully saturated rings. The molecule has 0 bridgehead atoms. The van der Waals surface area contributed by atoms with Crippen molar-refractivity contribution in [1.82, 2.24) is 19.9 Å². The van der Waals surface area contributed by atoms with E-state index in [2.05, 4.69) is 20.6 Å². The number of hydrogen-bond acceptors (Lipinski definition) is 3. The highest BCUT2D eigenvalue weighted by molar-refractivity contribution is 5.88. The lowest BCUT2D eigenvalue weighted by atomic mass is 10.4. The van der Waals surface area contributed by atoms with Gasteiger partial charge in [0.25, 0.3) is 0 Å². The highest BCUT2D eigenvalue weighted by atomic mass is 16.2. The normalized spacial score (nSPS) is 10.0. The zero-order chi connectivity index (χ0) is 12.6. The predicted octanol–water partition coefficient (Wildman–Crippen LogP) is 1.49. The number of nitrogens with one attached hydrogen (secondary N) is 2. The molecule has 2 rings (SSSR count). The summed E-state index contributed by atoms with van der Waals surface area (Å²) in [5, 5.41) is 5.43. The average molecular weight is 245 g/mol. The van der Waals surface area contributed by atoms with Gasteiger partial charge in [0.05, 0.1) is 6.33 Å². The topological polar surface area (TPSA) is 71.8 Å². The van der Waals surface area contributed by atoms with E-state index in [-0.39, 0.29) is 6.03 Å². The number of aryl methyl sites for hydroxylation is 1. The van der Waals surface area contributed by atoms with Crippen molar-refractivity contribution >= 4 is 11.8 Å². The largest absolute Gasteiger partial charge is 0.338 e. The van der Waals surface area contributed by atoms with Crippen LogP contribution < -0.4 is 10.6 Å². The van der Waals surface area contributed by atoms with E-state index >= 15 is 0 Å². The van der Waals surface area contributed by atoms with Gasteiger partial charge in [0.2, 0.25) is 0 Å². The lowest BCUT2D eigenvalue weighted by molar-refractivity contribution is 0.251. The van der Waals surface area contributed by atoms with E-state index in [1.807, 2.05) is 16.8 Å². The number of imidazole rings is 1. The first-order chi connectivity index (χ1) is 8.84. The molecule has 0 saturated carbocycles. The minimum absolute atomic E-state index is 0.237. The van der Waals surface area contributed by atoms with Crippen LogP contribution in [-0.2, 0) is 6.54 Å². The molecule has 2 N–H and O–H groups in total. The second kappa shape index (κ2) is 6.39. The van der Waals surface area contributed by atoms with Crippen LogP contribution in [0, 0.1) is 0 Å². The Kier molecular flexibility index (Phi) is 4.29. The van der Waals surface area contributed by atoms with Crippen LogP contribution in [0.3, 0.4) is 0 Å². The zero-order valence-electron chi connectivity index (χ0n) is 9.91. The molecular formula is C12H15N5O. The maximum absolute atomic E-state index is 11.5. The Morgan fingerprint density at radius 1 is 1.33 bits per heavy atom. The van der Waals surface area contributed by atoms with Crippen molar-refractivity contribution in [1.29, 1.82) is 0 Å². The SMILES string of the molecule is O=C(NCCCn1ccnc1)Nc1ccccn1. The van der Waals surface area contributed by atoms with E-state index < -0.39 is 0 Å². The van der Waals surface area contributed by atoms with Crippen LogP contribution in [0.2, 0.25) is 0 Å². The van der Waals surface area contributed by atoms with Crippen LogP contribution in [0.4, 0.5) is 10.6 Å². The molecule has 0 aliphatic carbocycles. The van der Waals surface area contributed by atoms with Gasteiger partial charge in [0, 0.05) is 31.7 Å². The average Bonchev–Trinajstić information content (AvgIpc) is 2.89. The number of hydrogen-bond donors (Lipinski definition) is 2. The van der Waals surface area contributed by atoms with Crippen molar-refractivity contribution < 1.29 is 4.79 Å². The summed E-state index contributed by atoms with van der Waals surface area (Å²) >= 11 is 0. The number of rotatable bonds is 5. The highest BCUT2D eigenvalue weighted by Gasteiger charge is 2.00. The summed E-state index contributed by atoms with van der Waals surface area (Å²) in [7, 11) is 0. The fraction of sp³-hybridized carbons (Fsp3) is 0.250. The van der Waals surface area contributed by atoms with Gasteiger partial charge in [-0.2, -0.15) is 0 Å². The number of anilines is 1. The molecule has 94 valence electrons. The molecule has 2 aromatic rings. The zero-order valence-corrected chi connectivity index (χ0v) is 9.91. The summed E-state index contributed by atoms with van der Waals surface area (Å²) in [6.07, 6.45) is 7.88. The van der Waals surface area contributed by atoms with Crippen molar-refractivity contribution in [2.75, 3.05) is 11.9 Å². The fourth-order valence-electron chi connectivity index (χ4n) is 1.48. The quantitative estimate of drug-likeness (QED) is 0.784. The van der Waals surface area contributed by atoms with E-state index in [9.17, 15) is 4.79 Å². The summed E-state index contributed by atoms with van der Waals surface area (Å²) in [5.74, 6) is 0.546. The molecule has 2 amide bonds. The third-order valence-electron chi connectivity index (χ3n) is 2.34. The molecule has 0 aromatic carbocycles. The molecule has 2 heterocycles. The number of urea groups is 1. The standard InChI is InChI=1S/C12H15N5O/c18-12(16-11-4-1-2-5-14-11)15-6-3-8-17-9-7-13-10-17/h1-2,4-5,7,9-10H,3,6,8H2,(H2,14,15,16,18). The van der Waals surface area contributed by atoms with E-state index in [1.165, 1.54) is 0 Å². The summed E-state index contributed by atoms with van der Waals surface area (Å²) < 4.78 is 1.97.